The van der Waals surface area contributed by atoms with Crippen molar-refractivity contribution in [2.45, 2.75) is 0 Å². The largest absolute Gasteiger partial charge is 0.491 e. The Bertz CT molecular complexity index is 288. The van der Waals surface area contributed by atoms with Crippen molar-refractivity contribution in [2.24, 2.45) is 0 Å². The van der Waals surface area contributed by atoms with Crippen LogP contribution < -0.4 is 10.2 Å². The third-order valence-corrected chi connectivity index (χ3v) is 1.35. The molecule has 1 nitrogen and oxygen atoms in total. The number of halogens is 3. The van der Waals surface area contributed by atoms with Gasteiger partial charge >= 0.3 is 0 Å². The minimum Gasteiger partial charge on any atom is -0.491 e. The lowest BCUT2D eigenvalue weighted by Crippen LogP contribution is -2.13. The van der Waals surface area contributed by atoms with E-state index in [4.69, 9.17) is 7.85 Å². The van der Waals surface area contributed by atoms with Gasteiger partial charge in [0.05, 0.1) is 7.11 Å². The van der Waals surface area contributed by atoms with Gasteiger partial charge in [0.25, 0.3) is 0 Å². The molecule has 0 aliphatic heterocycles. The molecule has 0 saturated heterocycles. The van der Waals surface area contributed by atoms with Crippen molar-refractivity contribution >= 4 is 13.3 Å². The third-order valence-electron chi connectivity index (χ3n) is 1.35. The zero-order valence-electron chi connectivity index (χ0n) is 6.20. The monoisotopic (exact) mass is 172 g/mol. The summed E-state index contributed by atoms with van der Waals surface area (Å²) in [5.41, 5.74) is -0.481. The van der Waals surface area contributed by atoms with Crippen LogP contribution in [0.3, 0.4) is 0 Å². The van der Waals surface area contributed by atoms with Crippen LogP contribution in [-0.4, -0.2) is 15.0 Å². The van der Waals surface area contributed by atoms with Gasteiger partial charge in [-0.1, -0.05) is 5.46 Å². The van der Waals surface area contributed by atoms with Gasteiger partial charge in [-0.3, -0.25) is 0 Å². The number of rotatable bonds is 1. The summed E-state index contributed by atoms with van der Waals surface area (Å²) in [7, 11) is 6.03. The number of ether oxygens (including phenoxy) is 1. The van der Waals surface area contributed by atoms with Gasteiger partial charge in [0.1, 0.15) is 7.85 Å². The fourth-order valence-electron chi connectivity index (χ4n) is 0.778. The van der Waals surface area contributed by atoms with Crippen molar-refractivity contribution in [1.82, 2.24) is 0 Å². The molecular weight excluding hydrogens is 168 g/mol. The van der Waals surface area contributed by atoms with Crippen molar-refractivity contribution < 1.29 is 17.9 Å². The van der Waals surface area contributed by atoms with Gasteiger partial charge < -0.3 is 4.74 Å². The van der Waals surface area contributed by atoms with Gasteiger partial charge in [-0.25, -0.2) is 8.78 Å². The van der Waals surface area contributed by atoms with E-state index < -0.39 is 28.7 Å². The average molecular weight is 172 g/mol. The van der Waals surface area contributed by atoms with Gasteiger partial charge in [-0.05, 0) is 6.07 Å². The topological polar surface area (TPSA) is 9.23 Å². The smallest absolute Gasteiger partial charge is 0.203 e. The molecule has 1 aromatic rings. The fraction of sp³-hybridized carbons (Fsp3) is 0.143. The lowest BCUT2D eigenvalue weighted by Gasteiger charge is -2.06. The molecule has 1 aromatic carbocycles. The SMILES string of the molecule is [B]c1cc(F)c(F)c(OC)c1F. The van der Waals surface area contributed by atoms with Crippen LogP contribution in [0.25, 0.3) is 0 Å². The number of hydrogen-bond acceptors (Lipinski definition) is 1. The van der Waals surface area contributed by atoms with Gasteiger partial charge in [-0.15, -0.1) is 0 Å². The van der Waals surface area contributed by atoms with Crippen molar-refractivity contribution in [2.75, 3.05) is 7.11 Å². The van der Waals surface area contributed by atoms with Crippen molar-refractivity contribution in [3.05, 3.63) is 23.5 Å². The molecule has 0 N–H and O–H groups in total. The van der Waals surface area contributed by atoms with Crippen LogP contribution in [0.2, 0.25) is 0 Å². The molecule has 0 aliphatic carbocycles. The van der Waals surface area contributed by atoms with Gasteiger partial charge in [0.15, 0.2) is 17.4 Å². The Morgan fingerprint density at radius 3 is 2.33 bits per heavy atom. The first-order valence-corrected chi connectivity index (χ1v) is 3.05. The molecule has 0 heterocycles. The van der Waals surface area contributed by atoms with E-state index >= 15 is 0 Å². The summed E-state index contributed by atoms with van der Waals surface area (Å²) in [4.78, 5) is 0. The zero-order chi connectivity index (χ0) is 9.30. The second-order valence-corrected chi connectivity index (χ2v) is 2.11. The lowest BCUT2D eigenvalue weighted by atomic mass is 9.95. The van der Waals surface area contributed by atoms with E-state index in [0.717, 1.165) is 7.11 Å². The predicted octanol–water partition coefficient (Wildman–Crippen LogP) is 0.906. The third kappa shape index (κ3) is 1.26. The van der Waals surface area contributed by atoms with E-state index in [-0.39, 0.29) is 0 Å². The van der Waals surface area contributed by atoms with Crippen LogP contribution in [0.15, 0.2) is 6.07 Å². The highest BCUT2D eigenvalue weighted by molar-refractivity contribution is 6.32. The maximum Gasteiger partial charge on any atom is 0.203 e. The van der Waals surface area contributed by atoms with Gasteiger partial charge in [0, 0.05) is 0 Å². The summed E-state index contributed by atoms with van der Waals surface area (Å²) < 4.78 is 42.2. The van der Waals surface area contributed by atoms with Crippen molar-refractivity contribution in [3.8, 4) is 5.75 Å². The molecule has 0 bridgehead atoms. The molecular formula is C7H4BF3O. The summed E-state index contributed by atoms with van der Waals surface area (Å²) in [6.45, 7) is 0. The summed E-state index contributed by atoms with van der Waals surface area (Å²) >= 11 is 0. The molecule has 0 unspecified atom stereocenters. The normalized spacial score (nSPS) is 10.0. The first-order chi connectivity index (χ1) is 5.57. The predicted molar refractivity (Wildman–Crippen MR) is 38.3 cm³/mol. The molecule has 12 heavy (non-hydrogen) atoms. The summed E-state index contributed by atoms with van der Waals surface area (Å²) in [6.07, 6.45) is 0. The Morgan fingerprint density at radius 1 is 1.25 bits per heavy atom. The van der Waals surface area contributed by atoms with Crippen LogP contribution in [0.5, 0.6) is 5.75 Å². The molecule has 62 valence electrons. The Balaban J connectivity index is 3.42. The number of hydrogen-bond donors (Lipinski definition) is 0. The minimum atomic E-state index is -1.37. The summed E-state index contributed by atoms with van der Waals surface area (Å²) in [5, 5.41) is 0. The van der Waals surface area contributed by atoms with Crippen molar-refractivity contribution in [3.63, 3.8) is 0 Å². The van der Waals surface area contributed by atoms with Crippen LogP contribution in [0.1, 0.15) is 0 Å². The maximum absolute atomic E-state index is 12.8. The Kier molecular flexibility index (Phi) is 2.31. The van der Waals surface area contributed by atoms with E-state index in [0.29, 0.717) is 6.07 Å². The molecule has 0 aromatic heterocycles. The van der Waals surface area contributed by atoms with E-state index in [1.54, 1.807) is 0 Å². The van der Waals surface area contributed by atoms with E-state index in [1.165, 1.54) is 0 Å². The van der Waals surface area contributed by atoms with E-state index in [9.17, 15) is 13.2 Å². The summed E-state index contributed by atoms with van der Waals surface area (Å²) in [6, 6.07) is 0.563. The highest BCUT2D eigenvalue weighted by Gasteiger charge is 2.16. The van der Waals surface area contributed by atoms with E-state index in [2.05, 4.69) is 4.74 Å². The second-order valence-electron chi connectivity index (χ2n) is 2.11. The zero-order valence-corrected chi connectivity index (χ0v) is 6.20. The fourth-order valence-corrected chi connectivity index (χ4v) is 0.778. The maximum atomic E-state index is 12.8. The molecule has 2 radical (unpaired) electrons. The highest BCUT2D eigenvalue weighted by atomic mass is 19.2. The second kappa shape index (κ2) is 3.09. The molecule has 1 rings (SSSR count). The minimum absolute atomic E-state index is 0.481. The molecule has 0 amide bonds. The quantitative estimate of drug-likeness (QED) is 0.451. The van der Waals surface area contributed by atoms with Gasteiger partial charge in [-0.2, -0.15) is 4.39 Å². The first-order valence-electron chi connectivity index (χ1n) is 3.05. The summed E-state index contributed by atoms with van der Waals surface area (Å²) in [5.74, 6) is -4.49. The molecule has 0 fully saturated rings. The molecule has 0 spiro atoms. The average Bonchev–Trinajstić information content (AvgIpc) is 2.02. The highest BCUT2D eigenvalue weighted by Crippen LogP contribution is 2.21. The standard InChI is InChI=1S/C7H4BF3O/c1-12-7-5(10)3(8)2-4(9)6(7)11/h2H,1H3. The lowest BCUT2D eigenvalue weighted by molar-refractivity contribution is 0.348. The Hall–Kier alpha value is -1.13. The van der Waals surface area contributed by atoms with Crippen molar-refractivity contribution in [1.29, 1.82) is 0 Å². The number of benzene rings is 1. The number of methoxy groups -OCH3 is 1. The molecule has 0 atom stereocenters. The molecule has 0 aliphatic rings. The van der Waals surface area contributed by atoms with Crippen LogP contribution in [0, 0.1) is 17.5 Å². The Labute approximate surface area is 68.6 Å². The Morgan fingerprint density at radius 2 is 1.83 bits per heavy atom. The van der Waals surface area contributed by atoms with E-state index in [1.807, 2.05) is 0 Å². The van der Waals surface area contributed by atoms with Gasteiger partial charge in [0.2, 0.25) is 5.82 Å². The van der Waals surface area contributed by atoms with Crippen LogP contribution >= 0.6 is 0 Å². The molecule has 5 heteroatoms. The van der Waals surface area contributed by atoms with Crippen LogP contribution in [-0.2, 0) is 0 Å². The molecule has 0 saturated carbocycles. The van der Waals surface area contributed by atoms with Crippen LogP contribution in [0.4, 0.5) is 13.2 Å². The first kappa shape index (κ1) is 8.97.